The van der Waals surface area contributed by atoms with Crippen molar-refractivity contribution in [3.63, 3.8) is 0 Å². The van der Waals surface area contributed by atoms with Crippen LogP contribution in [0.1, 0.15) is 25.2 Å². The molecule has 0 aliphatic carbocycles. The van der Waals surface area contributed by atoms with Gasteiger partial charge in [0.25, 0.3) is 0 Å². The van der Waals surface area contributed by atoms with E-state index in [9.17, 15) is 8.42 Å². The summed E-state index contributed by atoms with van der Waals surface area (Å²) in [4.78, 5) is 0.328. The number of H-pyrrole nitrogens is 1. The first-order valence-electron chi connectivity index (χ1n) is 6.60. The van der Waals surface area contributed by atoms with Crippen LogP contribution in [0.3, 0.4) is 0 Å². The Morgan fingerprint density at radius 2 is 2.20 bits per heavy atom. The van der Waals surface area contributed by atoms with Crippen molar-refractivity contribution >= 4 is 21.8 Å². The van der Waals surface area contributed by atoms with E-state index in [2.05, 4.69) is 29.4 Å². The molecule has 2 heterocycles. The first kappa shape index (κ1) is 15.8. The molecule has 0 atom stereocenters. The Balaban J connectivity index is 2.37. The van der Waals surface area contributed by atoms with Crippen molar-refractivity contribution < 1.29 is 8.42 Å². The molecule has 0 bridgehead atoms. The van der Waals surface area contributed by atoms with Gasteiger partial charge in [-0.3, -0.25) is 5.10 Å². The molecule has 1 aliphatic rings. The fourth-order valence-electron chi connectivity index (χ4n) is 2.41. The van der Waals surface area contributed by atoms with E-state index in [1.165, 1.54) is 0 Å². The Morgan fingerprint density at radius 3 is 2.80 bits per heavy atom. The first-order valence-corrected chi connectivity index (χ1v) is 9.03. The number of aromatic amines is 1. The molecule has 1 saturated heterocycles. The summed E-state index contributed by atoms with van der Waals surface area (Å²) in [6.45, 7) is 7.43. The van der Waals surface area contributed by atoms with Crippen LogP contribution in [0.25, 0.3) is 0 Å². The molecular weight excluding hydrogens is 296 g/mol. The van der Waals surface area contributed by atoms with E-state index in [1.807, 2.05) is 11.8 Å². The largest absolute Gasteiger partial charge is 0.314 e. The number of aromatic nitrogens is 2. The number of thioether (sulfide) groups is 1. The maximum Gasteiger partial charge on any atom is 0.246 e. The number of hydrogen-bond acceptors (Lipinski definition) is 5. The van der Waals surface area contributed by atoms with Crippen LogP contribution in [0.4, 0.5) is 0 Å². The molecule has 0 unspecified atom stereocenters. The predicted molar refractivity (Wildman–Crippen MR) is 81.4 cm³/mol. The Bertz CT molecular complexity index is 580. The maximum atomic E-state index is 12.9. The number of rotatable bonds is 4. The van der Waals surface area contributed by atoms with Crippen molar-refractivity contribution in [2.75, 3.05) is 25.9 Å². The second-order valence-corrected chi connectivity index (χ2v) is 9.28. The average Bonchev–Trinajstić information content (AvgIpc) is 2.70. The number of nitrogens with zero attached hydrogens (tertiary/aromatic N) is 2. The van der Waals surface area contributed by atoms with Gasteiger partial charge in [0, 0.05) is 30.1 Å². The van der Waals surface area contributed by atoms with Gasteiger partial charge in [0.15, 0.2) is 0 Å². The number of aryl methyl sites for hydroxylation is 1. The summed E-state index contributed by atoms with van der Waals surface area (Å²) in [5.41, 5.74) is 1.16. The second kappa shape index (κ2) is 5.67. The van der Waals surface area contributed by atoms with E-state index in [4.69, 9.17) is 0 Å². The summed E-state index contributed by atoms with van der Waals surface area (Å²) in [6.07, 6.45) is 0. The van der Waals surface area contributed by atoms with Crippen molar-refractivity contribution in [3.8, 4) is 0 Å². The highest BCUT2D eigenvalue weighted by atomic mass is 32.2. The van der Waals surface area contributed by atoms with Crippen LogP contribution in [0, 0.1) is 6.92 Å². The molecule has 0 spiro atoms. The van der Waals surface area contributed by atoms with Crippen molar-refractivity contribution in [1.82, 2.24) is 19.8 Å². The van der Waals surface area contributed by atoms with E-state index in [-0.39, 0.29) is 4.75 Å². The van der Waals surface area contributed by atoms with Crippen LogP contribution in [0.2, 0.25) is 0 Å². The Hall–Kier alpha value is -0.570. The van der Waals surface area contributed by atoms with Crippen LogP contribution < -0.4 is 5.32 Å². The lowest BCUT2D eigenvalue weighted by atomic mass is 10.2. The lowest BCUT2D eigenvalue weighted by Crippen LogP contribution is -2.46. The molecule has 2 rings (SSSR count). The summed E-state index contributed by atoms with van der Waals surface area (Å²) >= 11 is 1.81. The summed E-state index contributed by atoms with van der Waals surface area (Å²) < 4.78 is 27.3. The van der Waals surface area contributed by atoms with Gasteiger partial charge in [0.1, 0.15) is 4.90 Å². The molecule has 0 radical (unpaired) electrons. The van der Waals surface area contributed by atoms with Crippen LogP contribution in [-0.4, -0.2) is 53.6 Å². The van der Waals surface area contributed by atoms with Crippen LogP contribution in [0.15, 0.2) is 4.90 Å². The predicted octanol–water partition coefficient (Wildman–Crippen LogP) is 0.954. The first-order chi connectivity index (χ1) is 9.28. The molecule has 1 aromatic heterocycles. The summed E-state index contributed by atoms with van der Waals surface area (Å²) in [5.74, 6) is 0.824. The van der Waals surface area contributed by atoms with Crippen LogP contribution in [0.5, 0.6) is 0 Å². The zero-order chi connectivity index (χ0) is 15.0. The van der Waals surface area contributed by atoms with Gasteiger partial charge in [0.05, 0.1) is 11.4 Å². The number of nitrogens with one attached hydrogen (secondary N) is 2. The van der Waals surface area contributed by atoms with Gasteiger partial charge in [-0.15, -0.1) is 0 Å². The third-order valence-electron chi connectivity index (χ3n) is 3.29. The molecule has 1 fully saturated rings. The Labute approximate surface area is 124 Å². The Morgan fingerprint density at radius 1 is 1.50 bits per heavy atom. The molecule has 114 valence electrons. The summed E-state index contributed by atoms with van der Waals surface area (Å²) in [6, 6.07) is 0. The minimum absolute atomic E-state index is 0.0495. The second-order valence-electron chi connectivity index (χ2n) is 5.60. The van der Waals surface area contributed by atoms with Crippen molar-refractivity contribution in [2.45, 2.75) is 37.0 Å². The zero-order valence-corrected chi connectivity index (χ0v) is 14.0. The van der Waals surface area contributed by atoms with E-state index >= 15 is 0 Å². The van der Waals surface area contributed by atoms with Crippen molar-refractivity contribution in [3.05, 3.63) is 11.4 Å². The van der Waals surface area contributed by atoms with Gasteiger partial charge in [-0.2, -0.15) is 21.2 Å². The highest BCUT2D eigenvalue weighted by molar-refractivity contribution is 8.00. The van der Waals surface area contributed by atoms with Crippen molar-refractivity contribution in [2.24, 2.45) is 0 Å². The van der Waals surface area contributed by atoms with Gasteiger partial charge >= 0.3 is 0 Å². The molecule has 8 heteroatoms. The van der Waals surface area contributed by atoms with E-state index in [0.29, 0.717) is 35.9 Å². The van der Waals surface area contributed by atoms with Gasteiger partial charge < -0.3 is 5.32 Å². The molecule has 1 aliphatic heterocycles. The third-order valence-corrected chi connectivity index (χ3v) is 6.64. The molecule has 2 N–H and O–H groups in total. The maximum absolute atomic E-state index is 12.9. The summed E-state index contributed by atoms with van der Waals surface area (Å²) in [7, 11) is -1.71. The Kier molecular flexibility index (Phi) is 4.48. The van der Waals surface area contributed by atoms with Crippen LogP contribution >= 0.6 is 11.8 Å². The minimum atomic E-state index is -3.49. The van der Waals surface area contributed by atoms with Crippen LogP contribution in [-0.2, 0) is 16.6 Å². The molecule has 1 aromatic rings. The quantitative estimate of drug-likeness (QED) is 0.864. The highest BCUT2D eigenvalue weighted by Gasteiger charge is 2.37. The fourth-order valence-corrected chi connectivity index (χ4v) is 5.65. The van der Waals surface area contributed by atoms with Crippen molar-refractivity contribution in [1.29, 1.82) is 0 Å². The van der Waals surface area contributed by atoms with Gasteiger partial charge in [-0.25, -0.2) is 8.42 Å². The normalized spacial score (nSPS) is 20.2. The monoisotopic (exact) mass is 318 g/mol. The molecular formula is C12H22N4O2S2. The smallest absolute Gasteiger partial charge is 0.246 e. The lowest BCUT2D eigenvalue weighted by molar-refractivity contribution is 0.387. The lowest BCUT2D eigenvalue weighted by Gasteiger charge is -2.36. The zero-order valence-electron chi connectivity index (χ0n) is 12.4. The topological polar surface area (TPSA) is 78.1 Å². The van der Waals surface area contributed by atoms with E-state index in [1.54, 1.807) is 18.3 Å². The molecule has 0 aromatic carbocycles. The fraction of sp³-hybridized carbons (Fsp3) is 0.750. The minimum Gasteiger partial charge on any atom is -0.314 e. The van der Waals surface area contributed by atoms with Gasteiger partial charge in [-0.1, -0.05) is 0 Å². The molecule has 6 nitrogen and oxygen atoms in total. The molecule has 0 amide bonds. The summed E-state index contributed by atoms with van der Waals surface area (Å²) in [5, 5.41) is 9.85. The average molecular weight is 318 g/mol. The van der Waals surface area contributed by atoms with Gasteiger partial charge in [-0.05, 0) is 27.8 Å². The number of hydrogen-bond donors (Lipinski definition) is 2. The highest BCUT2D eigenvalue weighted by Crippen LogP contribution is 2.33. The number of sulfonamides is 1. The van der Waals surface area contributed by atoms with E-state index in [0.717, 1.165) is 5.75 Å². The van der Waals surface area contributed by atoms with Gasteiger partial charge in [0.2, 0.25) is 10.0 Å². The van der Waals surface area contributed by atoms with E-state index < -0.39 is 10.0 Å². The molecule has 0 saturated carbocycles. The molecule has 20 heavy (non-hydrogen) atoms. The SMILES string of the molecule is CNCc1n[nH]c(C)c1S(=O)(=O)N1CCSC(C)(C)C1. The third kappa shape index (κ3) is 3.03. The standard InChI is InChI=1S/C12H22N4O2S2/c1-9-11(10(7-13-4)15-14-9)20(17,18)16-5-6-19-12(2,3)8-16/h13H,5-8H2,1-4H3,(H,14,15).